The van der Waals surface area contributed by atoms with Crippen LogP contribution in [0.3, 0.4) is 0 Å². The number of benzene rings is 2. The fraction of sp³-hybridized carbons (Fsp3) is 0.200. The summed E-state index contributed by atoms with van der Waals surface area (Å²) in [5, 5.41) is 4.24. The molecule has 106 valence electrons. The van der Waals surface area contributed by atoms with Gasteiger partial charge in [-0.15, -0.1) is 0 Å². The van der Waals surface area contributed by atoms with E-state index in [0.29, 0.717) is 23.2 Å². The third-order valence-corrected chi connectivity index (χ3v) is 3.52. The summed E-state index contributed by atoms with van der Waals surface area (Å²) in [5.41, 5.74) is 0.803. The van der Waals surface area contributed by atoms with E-state index >= 15 is 0 Å². The van der Waals surface area contributed by atoms with Crippen LogP contribution in [-0.2, 0) is 0 Å². The minimum absolute atomic E-state index is 0.523. The van der Waals surface area contributed by atoms with Gasteiger partial charge in [0.2, 0.25) is 0 Å². The Bertz CT molecular complexity index is 558. The first kappa shape index (κ1) is 14.8. The number of methoxy groups -OCH3 is 1. The standard InChI is InChI=1S/C15H15Cl2NO2/c1-19-11-5-7-12(8-6-11)20-10-9-18-14-4-2-3-13(16)15(14)17/h2-8,18H,9-10H2,1H3. The smallest absolute Gasteiger partial charge is 0.119 e. The van der Waals surface area contributed by atoms with Gasteiger partial charge in [0.25, 0.3) is 0 Å². The molecule has 0 aliphatic rings. The van der Waals surface area contributed by atoms with Crippen molar-refractivity contribution in [3.8, 4) is 11.5 Å². The Labute approximate surface area is 128 Å². The summed E-state index contributed by atoms with van der Waals surface area (Å²) in [7, 11) is 1.63. The molecule has 0 atom stereocenters. The number of nitrogens with one attached hydrogen (secondary N) is 1. The van der Waals surface area contributed by atoms with Crippen molar-refractivity contribution in [1.29, 1.82) is 0 Å². The number of anilines is 1. The second-order valence-corrected chi connectivity index (χ2v) is 4.84. The molecule has 0 saturated heterocycles. The van der Waals surface area contributed by atoms with Gasteiger partial charge in [-0.3, -0.25) is 0 Å². The van der Waals surface area contributed by atoms with Gasteiger partial charge in [0.1, 0.15) is 18.1 Å². The lowest BCUT2D eigenvalue weighted by Gasteiger charge is -2.10. The Morgan fingerprint density at radius 1 is 1.00 bits per heavy atom. The lowest BCUT2D eigenvalue weighted by Crippen LogP contribution is -2.11. The molecule has 0 saturated carbocycles. The van der Waals surface area contributed by atoms with E-state index in [1.807, 2.05) is 36.4 Å². The number of ether oxygens (including phenoxy) is 2. The second kappa shape index (κ2) is 7.27. The van der Waals surface area contributed by atoms with Crippen molar-refractivity contribution in [3.05, 3.63) is 52.5 Å². The van der Waals surface area contributed by atoms with Crippen LogP contribution in [0.2, 0.25) is 10.0 Å². The van der Waals surface area contributed by atoms with Crippen molar-refractivity contribution in [2.45, 2.75) is 0 Å². The van der Waals surface area contributed by atoms with Crippen LogP contribution < -0.4 is 14.8 Å². The summed E-state index contributed by atoms with van der Waals surface area (Å²) in [6.07, 6.45) is 0. The van der Waals surface area contributed by atoms with Crippen molar-refractivity contribution < 1.29 is 9.47 Å². The summed E-state index contributed by atoms with van der Waals surface area (Å²) in [6.45, 7) is 1.15. The van der Waals surface area contributed by atoms with Gasteiger partial charge in [-0.05, 0) is 36.4 Å². The highest BCUT2D eigenvalue weighted by atomic mass is 35.5. The van der Waals surface area contributed by atoms with Crippen molar-refractivity contribution in [2.75, 3.05) is 25.6 Å². The summed E-state index contributed by atoms with van der Waals surface area (Å²) < 4.78 is 10.7. The van der Waals surface area contributed by atoms with Crippen LogP contribution in [-0.4, -0.2) is 20.3 Å². The Morgan fingerprint density at radius 2 is 1.70 bits per heavy atom. The second-order valence-electron chi connectivity index (χ2n) is 4.05. The molecule has 0 radical (unpaired) electrons. The third-order valence-electron chi connectivity index (χ3n) is 2.70. The summed E-state index contributed by atoms with van der Waals surface area (Å²) in [6, 6.07) is 12.9. The summed E-state index contributed by atoms with van der Waals surface area (Å²) in [4.78, 5) is 0. The average Bonchev–Trinajstić information content (AvgIpc) is 2.48. The molecule has 0 amide bonds. The fourth-order valence-corrected chi connectivity index (χ4v) is 2.03. The van der Waals surface area contributed by atoms with Crippen molar-refractivity contribution in [2.24, 2.45) is 0 Å². The van der Waals surface area contributed by atoms with Crippen molar-refractivity contribution >= 4 is 28.9 Å². The van der Waals surface area contributed by atoms with Crippen LogP contribution >= 0.6 is 23.2 Å². The van der Waals surface area contributed by atoms with Gasteiger partial charge in [-0.1, -0.05) is 29.3 Å². The lowest BCUT2D eigenvalue weighted by atomic mass is 10.3. The number of rotatable bonds is 6. The zero-order valence-corrected chi connectivity index (χ0v) is 12.5. The summed E-state index contributed by atoms with van der Waals surface area (Å²) in [5.74, 6) is 1.60. The van der Waals surface area contributed by atoms with Crippen molar-refractivity contribution in [3.63, 3.8) is 0 Å². The molecule has 20 heavy (non-hydrogen) atoms. The van der Waals surface area contributed by atoms with Gasteiger partial charge in [-0.2, -0.15) is 0 Å². The number of hydrogen-bond acceptors (Lipinski definition) is 3. The van der Waals surface area contributed by atoms with E-state index < -0.39 is 0 Å². The molecule has 2 aromatic rings. The van der Waals surface area contributed by atoms with Crippen LogP contribution in [0, 0.1) is 0 Å². The van der Waals surface area contributed by atoms with Gasteiger partial charge >= 0.3 is 0 Å². The Balaban J connectivity index is 1.80. The predicted octanol–water partition coefficient (Wildman–Crippen LogP) is 4.49. The highest BCUT2D eigenvalue weighted by Gasteiger charge is 2.03. The molecule has 5 heteroatoms. The molecule has 1 N–H and O–H groups in total. The zero-order chi connectivity index (χ0) is 14.4. The average molecular weight is 312 g/mol. The number of hydrogen-bond donors (Lipinski definition) is 1. The van der Waals surface area contributed by atoms with Gasteiger partial charge < -0.3 is 14.8 Å². The molecule has 0 aliphatic carbocycles. The molecule has 2 aromatic carbocycles. The fourth-order valence-electron chi connectivity index (χ4n) is 1.67. The van der Waals surface area contributed by atoms with E-state index in [9.17, 15) is 0 Å². The van der Waals surface area contributed by atoms with Crippen LogP contribution in [0.1, 0.15) is 0 Å². The predicted molar refractivity (Wildman–Crippen MR) is 83.4 cm³/mol. The van der Waals surface area contributed by atoms with E-state index in [1.54, 1.807) is 13.2 Å². The minimum atomic E-state index is 0.523. The Hall–Kier alpha value is -1.58. The topological polar surface area (TPSA) is 30.5 Å². The maximum Gasteiger partial charge on any atom is 0.119 e. The monoisotopic (exact) mass is 311 g/mol. The van der Waals surface area contributed by atoms with E-state index in [1.165, 1.54) is 0 Å². The third kappa shape index (κ3) is 3.95. The lowest BCUT2D eigenvalue weighted by molar-refractivity contribution is 0.332. The van der Waals surface area contributed by atoms with Crippen LogP contribution in [0.15, 0.2) is 42.5 Å². The highest BCUT2D eigenvalue weighted by Crippen LogP contribution is 2.29. The van der Waals surface area contributed by atoms with Crippen molar-refractivity contribution in [1.82, 2.24) is 0 Å². The SMILES string of the molecule is COc1ccc(OCCNc2cccc(Cl)c2Cl)cc1. The molecule has 0 heterocycles. The van der Waals surface area contributed by atoms with E-state index in [4.69, 9.17) is 32.7 Å². The molecule has 0 unspecified atom stereocenters. The quantitative estimate of drug-likeness (QED) is 0.797. The van der Waals surface area contributed by atoms with Crippen LogP contribution in [0.5, 0.6) is 11.5 Å². The first-order valence-electron chi connectivity index (χ1n) is 6.15. The molecule has 3 nitrogen and oxygen atoms in total. The molecule has 2 rings (SSSR count). The molecular formula is C15H15Cl2NO2. The van der Waals surface area contributed by atoms with Gasteiger partial charge in [0, 0.05) is 6.54 Å². The van der Waals surface area contributed by atoms with Gasteiger partial charge in [0.05, 0.1) is 22.8 Å². The van der Waals surface area contributed by atoms with Gasteiger partial charge in [-0.25, -0.2) is 0 Å². The van der Waals surface area contributed by atoms with E-state index in [-0.39, 0.29) is 0 Å². The maximum absolute atomic E-state index is 6.07. The summed E-state index contributed by atoms with van der Waals surface area (Å²) >= 11 is 12.0. The Morgan fingerprint density at radius 3 is 2.40 bits per heavy atom. The molecular weight excluding hydrogens is 297 g/mol. The first-order valence-corrected chi connectivity index (χ1v) is 6.91. The van der Waals surface area contributed by atoms with Gasteiger partial charge in [0.15, 0.2) is 0 Å². The van der Waals surface area contributed by atoms with Crippen LogP contribution in [0.25, 0.3) is 0 Å². The zero-order valence-electron chi connectivity index (χ0n) is 11.0. The largest absolute Gasteiger partial charge is 0.497 e. The first-order chi connectivity index (χ1) is 9.70. The normalized spacial score (nSPS) is 10.2. The highest BCUT2D eigenvalue weighted by molar-refractivity contribution is 6.43. The van der Waals surface area contributed by atoms with Crippen LogP contribution in [0.4, 0.5) is 5.69 Å². The molecule has 0 aromatic heterocycles. The molecule has 0 fully saturated rings. The molecule has 0 spiro atoms. The maximum atomic E-state index is 6.07. The number of halogens is 2. The Kier molecular flexibility index (Phi) is 5.39. The van der Waals surface area contributed by atoms with E-state index in [0.717, 1.165) is 17.2 Å². The molecule has 0 bridgehead atoms. The molecule has 0 aliphatic heterocycles. The van der Waals surface area contributed by atoms with E-state index in [2.05, 4.69) is 5.32 Å². The minimum Gasteiger partial charge on any atom is -0.497 e.